The highest BCUT2D eigenvalue weighted by atomic mass is 32.1. The molecule has 1 atom stereocenters. The van der Waals surface area contributed by atoms with E-state index >= 15 is 0 Å². The Morgan fingerprint density at radius 3 is 2.48 bits per heavy atom. The highest BCUT2D eigenvalue weighted by Gasteiger charge is 2.36. The second-order valence-electron chi connectivity index (χ2n) is 5.29. The van der Waals surface area contributed by atoms with E-state index in [4.69, 9.17) is 8.83 Å². The van der Waals surface area contributed by atoms with Crippen molar-refractivity contribution < 1.29 is 23.5 Å². The zero-order chi connectivity index (χ0) is 17.7. The Hall–Kier alpha value is -2.84. The molecule has 3 aromatic rings. The molecule has 25 heavy (non-hydrogen) atoms. The number of hydrogen-bond donors (Lipinski definition) is 3. The molecule has 7 nitrogen and oxygen atoms in total. The van der Waals surface area contributed by atoms with Gasteiger partial charge in [-0.2, -0.15) is 11.3 Å². The highest BCUT2D eigenvalue weighted by molar-refractivity contribution is 7.08. The Morgan fingerprint density at radius 1 is 1.08 bits per heavy atom. The number of amides is 2. The lowest BCUT2D eigenvalue weighted by molar-refractivity contribution is -0.139. The van der Waals surface area contributed by atoms with Crippen LogP contribution in [0.3, 0.4) is 0 Å². The first-order valence-electron chi connectivity index (χ1n) is 7.47. The number of carbonyl (C=O) groups is 2. The van der Waals surface area contributed by atoms with Gasteiger partial charge in [0.15, 0.2) is 5.60 Å². The average molecular weight is 360 g/mol. The van der Waals surface area contributed by atoms with E-state index in [9.17, 15) is 14.7 Å². The highest BCUT2D eigenvalue weighted by Crippen LogP contribution is 2.30. The van der Waals surface area contributed by atoms with Gasteiger partial charge in [-0.05, 0) is 41.1 Å². The molecule has 0 saturated heterocycles. The van der Waals surface area contributed by atoms with E-state index in [1.54, 1.807) is 41.1 Å². The largest absolute Gasteiger partial charge is 0.467 e. The third-order valence-corrected chi connectivity index (χ3v) is 4.33. The van der Waals surface area contributed by atoms with Gasteiger partial charge < -0.3 is 24.6 Å². The van der Waals surface area contributed by atoms with Gasteiger partial charge in [0.1, 0.15) is 11.5 Å². The summed E-state index contributed by atoms with van der Waals surface area (Å²) in [5.41, 5.74) is -0.982. The Bertz CT molecular complexity index is 775. The first-order chi connectivity index (χ1) is 12.1. The second kappa shape index (κ2) is 7.37. The Morgan fingerprint density at radius 2 is 1.84 bits per heavy atom. The molecule has 3 rings (SSSR count). The van der Waals surface area contributed by atoms with Crippen LogP contribution >= 0.6 is 11.3 Å². The third kappa shape index (κ3) is 3.81. The Labute approximate surface area is 147 Å². The fourth-order valence-corrected chi connectivity index (χ4v) is 3.02. The van der Waals surface area contributed by atoms with Crippen molar-refractivity contribution in [2.45, 2.75) is 12.1 Å². The lowest BCUT2D eigenvalue weighted by Gasteiger charge is -2.25. The molecule has 0 radical (unpaired) electrons. The molecule has 0 aliphatic heterocycles. The van der Waals surface area contributed by atoms with Gasteiger partial charge in [0, 0.05) is 5.56 Å². The molecule has 0 fully saturated rings. The first kappa shape index (κ1) is 17.0. The van der Waals surface area contributed by atoms with Gasteiger partial charge in [0.25, 0.3) is 0 Å². The van der Waals surface area contributed by atoms with Crippen molar-refractivity contribution in [1.29, 1.82) is 0 Å². The fraction of sp³-hybridized carbons (Fsp3) is 0.176. The number of thiophene rings is 1. The molecule has 0 aliphatic rings. The van der Waals surface area contributed by atoms with Crippen LogP contribution in [0.1, 0.15) is 17.1 Å². The summed E-state index contributed by atoms with van der Waals surface area (Å²) in [5.74, 6) is -0.857. The minimum Gasteiger partial charge on any atom is -0.467 e. The maximum Gasteiger partial charge on any atom is 0.309 e. The van der Waals surface area contributed by atoms with Crippen molar-refractivity contribution in [1.82, 2.24) is 10.6 Å². The van der Waals surface area contributed by atoms with Gasteiger partial charge in [-0.1, -0.05) is 0 Å². The van der Waals surface area contributed by atoms with Crippen molar-refractivity contribution in [3.63, 3.8) is 0 Å². The van der Waals surface area contributed by atoms with Crippen LogP contribution in [-0.4, -0.2) is 23.5 Å². The van der Waals surface area contributed by atoms with Gasteiger partial charge >= 0.3 is 11.8 Å². The summed E-state index contributed by atoms with van der Waals surface area (Å²) < 4.78 is 10.4. The van der Waals surface area contributed by atoms with Crippen LogP contribution in [0.5, 0.6) is 0 Å². The Balaban J connectivity index is 1.63. The lowest BCUT2D eigenvalue weighted by Crippen LogP contribution is -2.46. The fourth-order valence-electron chi connectivity index (χ4n) is 2.29. The van der Waals surface area contributed by atoms with E-state index in [1.807, 2.05) is 0 Å². The molecule has 2 amide bonds. The van der Waals surface area contributed by atoms with Crippen LogP contribution in [0.25, 0.3) is 0 Å². The molecule has 3 N–H and O–H groups in total. The summed E-state index contributed by atoms with van der Waals surface area (Å²) in [5, 5.41) is 19.4. The van der Waals surface area contributed by atoms with E-state index in [1.165, 1.54) is 23.9 Å². The molecule has 0 bridgehead atoms. The molecule has 0 saturated carbocycles. The normalized spacial score (nSPS) is 13.2. The topological polar surface area (TPSA) is 105 Å². The minimum atomic E-state index is -1.56. The summed E-state index contributed by atoms with van der Waals surface area (Å²) in [6.07, 6.45) is 2.91. The summed E-state index contributed by atoms with van der Waals surface area (Å²) in [6, 6.07) is 8.36. The molecule has 3 aromatic heterocycles. The first-order valence-corrected chi connectivity index (χ1v) is 8.41. The maximum absolute atomic E-state index is 12.0. The molecule has 3 heterocycles. The van der Waals surface area contributed by atoms with Crippen LogP contribution < -0.4 is 10.6 Å². The molecule has 0 unspecified atom stereocenters. The molecular formula is C17H16N2O5S. The predicted octanol–water partition coefficient (Wildman–Crippen LogP) is 1.60. The average Bonchev–Trinajstić information content (AvgIpc) is 3.38. The molecule has 0 aromatic carbocycles. The Kier molecular flexibility index (Phi) is 5.01. The van der Waals surface area contributed by atoms with Crippen molar-refractivity contribution in [3.05, 3.63) is 70.7 Å². The SMILES string of the molecule is O=C(NCc1ccco1)C(=O)NC[C@@](O)(c1ccsc1)c1ccco1. The van der Waals surface area contributed by atoms with Gasteiger partial charge in [-0.3, -0.25) is 9.59 Å². The van der Waals surface area contributed by atoms with E-state index in [2.05, 4.69) is 10.6 Å². The molecule has 130 valence electrons. The monoisotopic (exact) mass is 360 g/mol. The molecule has 0 aliphatic carbocycles. The minimum absolute atomic E-state index is 0.103. The maximum atomic E-state index is 12.0. The predicted molar refractivity (Wildman–Crippen MR) is 89.6 cm³/mol. The summed E-state index contributed by atoms with van der Waals surface area (Å²) >= 11 is 1.41. The number of carbonyl (C=O) groups excluding carboxylic acids is 2. The van der Waals surface area contributed by atoms with Crippen molar-refractivity contribution in [2.24, 2.45) is 0 Å². The van der Waals surface area contributed by atoms with Crippen LogP contribution in [0.4, 0.5) is 0 Å². The van der Waals surface area contributed by atoms with E-state index in [0.717, 1.165) is 0 Å². The van der Waals surface area contributed by atoms with Gasteiger partial charge in [0.05, 0.1) is 25.6 Å². The van der Waals surface area contributed by atoms with Gasteiger partial charge in [-0.25, -0.2) is 0 Å². The van der Waals surface area contributed by atoms with Crippen molar-refractivity contribution >= 4 is 23.2 Å². The number of furan rings is 2. The van der Waals surface area contributed by atoms with E-state index in [-0.39, 0.29) is 18.8 Å². The zero-order valence-electron chi connectivity index (χ0n) is 13.1. The van der Waals surface area contributed by atoms with Crippen LogP contribution in [0.15, 0.2) is 62.5 Å². The number of hydrogen-bond acceptors (Lipinski definition) is 6. The van der Waals surface area contributed by atoms with Gasteiger partial charge in [-0.15, -0.1) is 0 Å². The van der Waals surface area contributed by atoms with Crippen LogP contribution in [0.2, 0.25) is 0 Å². The summed E-state index contributed by atoms with van der Waals surface area (Å²) in [4.78, 5) is 23.9. The van der Waals surface area contributed by atoms with Gasteiger partial charge in [0.2, 0.25) is 0 Å². The standard InChI is InChI=1S/C17H16N2O5S/c20-15(18-9-13-3-1-6-23-13)16(21)19-11-17(22,12-5-8-25-10-12)14-4-2-7-24-14/h1-8,10,22H,9,11H2,(H,18,20)(H,19,21)/t17-/m1/s1. The quantitative estimate of drug-likeness (QED) is 0.579. The lowest BCUT2D eigenvalue weighted by atomic mass is 9.93. The van der Waals surface area contributed by atoms with E-state index < -0.39 is 17.4 Å². The number of rotatable bonds is 6. The smallest absolute Gasteiger partial charge is 0.309 e. The zero-order valence-corrected chi connectivity index (χ0v) is 13.9. The second-order valence-corrected chi connectivity index (χ2v) is 6.07. The number of nitrogens with one attached hydrogen (secondary N) is 2. The summed E-state index contributed by atoms with van der Waals surface area (Å²) in [6.45, 7) is -0.101. The van der Waals surface area contributed by atoms with Crippen molar-refractivity contribution in [2.75, 3.05) is 6.54 Å². The van der Waals surface area contributed by atoms with Crippen LogP contribution in [-0.2, 0) is 21.7 Å². The van der Waals surface area contributed by atoms with E-state index in [0.29, 0.717) is 11.3 Å². The molecular weight excluding hydrogens is 344 g/mol. The third-order valence-electron chi connectivity index (χ3n) is 3.64. The van der Waals surface area contributed by atoms with Crippen LogP contribution in [0, 0.1) is 0 Å². The summed E-state index contributed by atoms with van der Waals surface area (Å²) in [7, 11) is 0. The molecule has 0 spiro atoms. The molecule has 8 heteroatoms. The number of aliphatic hydroxyl groups is 1. The van der Waals surface area contributed by atoms with Crippen molar-refractivity contribution in [3.8, 4) is 0 Å².